The number of ether oxygens (including phenoxy) is 2. The van der Waals surface area contributed by atoms with Crippen LogP contribution in [0.25, 0.3) is 0 Å². The van der Waals surface area contributed by atoms with Crippen molar-refractivity contribution >= 4 is 11.9 Å². The topological polar surface area (TPSA) is 75.7 Å². The van der Waals surface area contributed by atoms with Gasteiger partial charge in [-0.05, 0) is 40.5 Å². The number of carbonyl (C=O) groups excluding carboxylic acids is 2. The van der Waals surface area contributed by atoms with E-state index in [1.807, 2.05) is 20.8 Å². The highest BCUT2D eigenvalue weighted by Crippen LogP contribution is 2.44. The van der Waals surface area contributed by atoms with Gasteiger partial charge in [-0.25, -0.2) is 0 Å². The van der Waals surface area contributed by atoms with Crippen molar-refractivity contribution in [3.05, 3.63) is 0 Å². The molecule has 1 saturated heterocycles. The molecule has 21 heavy (non-hydrogen) atoms. The quantitative estimate of drug-likeness (QED) is 0.554. The first-order valence-electron chi connectivity index (χ1n) is 7.42. The van der Waals surface area contributed by atoms with Crippen LogP contribution in [-0.2, 0) is 24.3 Å². The minimum atomic E-state index is -0.792. The zero-order valence-electron chi connectivity index (χ0n) is 13.6. The summed E-state index contributed by atoms with van der Waals surface area (Å²) in [5.41, 5.74) is -1.37. The minimum Gasteiger partial charge on any atom is -0.462 e. The van der Waals surface area contributed by atoms with Crippen molar-refractivity contribution in [2.24, 2.45) is 5.92 Å². The van der Waals surface area contributed by atoms with Gasteiger partial charge in [0, 0.05) is 12.0 Å². The monoisotopic (exact) mass is 300 g/mol. The number of esters is 2. The number of carbonyl (C=O) groups is 2. The van der Waals surface area contributed by atoms with Crippen molar-refractivity contribution in [3.8, 4) is 0 Å². The van der Waals surface area contributed by atoms with Crippen molar-refractivity contribution in [2.45, 2.75) is 65.0 Å². The smallest absolute Gasteiger partial charge is 0.311 e. The highest BCUT2D eigenvalue weighted by atomic mass is 16.6. The van der Waals surface area contributed by atoms with Gasteiger partial charge < -0.3 is 9.47 Å². The molecule has 0 aromatic carbocycles. The van der Waals surface area contributed by atoms with Gasteiger partial charge in [0.05, 0.1) is 11.5 Å². The molecule has 0 aliphatic carbocycles. The first-order chi connectivity index (χ1) is 9.63. The Hall–Kier alpha value is -1.14. The molecule has 1 atom stereocenters. The highest BCUT2D eigenvalue weighted by molar-refractivity contribution is 5.75. The van der Waals surface area contributed by atoms with Gasteiger partial charge in [-0.1, -0.05) is 6.92 Å². The molecule has 1 unspecified atom stereocenters. The van der Waals surface area contributed by atoms with Crippen LogP contribution in [0.2, 0.25) is 0 Å². The second-order valence-electron chi connectivity index (χ2n) is 6.66. The maximum Gasteiger partial charge on any atom is 0.311 e. The molecular formula is C15H26NO5. The molecule has 0 aromatic heterocycles. The van der Waals surface area contributed by atoms with Crippen LogP contribution in [0.4, 0.5) is 0 Å². The predicted molar refractivity (Wildman–Crippen MR) is 75.6 cm³/mol. The molecule has 6 heteroatoms. The normalized spacial score (nSPS) is 23.8. The fraction of sp³-hybridized carbons (Fsp3) is 0.867. The molecule has 121 valence electrons. The molecule has 1 aliphatic rings. The largest absolute Gasteiger partial charge is 0.462 e. The van der Waals surface area contributed by atoms with Gasteiger partial charge in [0.15, 0.2) is 0 Å². The third kappa shape index (κ3) is 4.17. The highest BCUT2D eigenvalue weighted by Gasteiger charge is 2.55. The zero-order valence-corrected chi connectivity index (χ0v) is 13.6. The Morgan fingerprint density at radius 3 is 2.19 bits per heavy atom. The summed E-state index contributed by atoms with van der Waals surface area (Å²) in [7, 11) is 0. The number of hydrogen-bond acceptors (Lipinski definition) is 5. The fourth-order valence-electron chi connectivity index (χ4n) is 2.80. The number of nitrogens with zero attached hydrogens (tertiary/aromatic N) is 1. The van der Waals surface area contributed by atoms with E-state index in [2.05, 4.69) is 0 Å². The molecule has 0 bridgehead atoms. The average molecular weight is 300 g/mol. The molecular weight excluding hydrogens is 274 g/mol. The molecule has 0 aromatic rings. The maximum absolute atomic E-state index is 12.2. The van der Waals surface area contributed by atoms with Crippen LogP contribution in [0.15, 0.2) is 0 Å². The summed E-state index contributed by atoms with van der Waals surface area (Å²) in [4.78, 5) is 23.3. The molecule has 0 spiro atoms. The van der Waals surface area contributed by atoms with Crippen LogP contribution >= 0.6 is 0 Å². The van der Waals surface area contributed by atoms with Gasteiger partial charge in [0.25, 0.3) is 0 Å². The second kappa shape index (κ2) is 6.75. The number of rotatable bonds is 6. The average Bonchev–Trinajstić information content (AvgIpc) is 2.55. The van der Waals surface area contributed by atoms with Gasteiger partial charge in [-0.15, -0.1) is 10.3 Å². The summed E-state index contributed by atoms with van der Waals surface area (Å²) in [6.45, 7) is 9.12. The van der Waals surface area contributed by atoms with Crippen molar-refractivity contribution in [2.75, 3.05) is 13.2 Å². The lowest BCUT2D eigenvalue weighted by atomic mass is 9.87. The van der Waals surface area contributed by atoms with Crippen molar-refractivity contribution in [1.29, 1.82) is 0 Å². The molecule has 0 amide bonds. The second-order valence-corrected chi connectivity index (χ2v) is 6.66. The van der Waals surface area contributed by atoms with Crippen molar-refractivity contribution in [3.63, 3.8) is 0 Å². The first-order valence-corrected chi connectivity index (χ1v) is 7.42. The van der Waals surface area contributed by atoms with E-state index in [9.17, 15) is 14.8 Å². The lowest BCUT2D eigenvalue weighted by Gasteiger charge is -2.32. The first kappa shape index (κ1) is 17.9. The Balaban J connectivity index is 2.44. The molecule has 1 fully saturated rings. The Labute approximate surface area is 126 Å². The molecule has 0 saturated carbocycles. The Morgan fingerprint density at radius 2 is 1.71 bits per heavy atom. The fourth-order valence-corrected chi connectivity index (χ4v) is 2.80. The van der Waals surface area contributed by atoms with E-state index >= 15 is 0 Å². The van der Waals surface area contributed by atoms with Gasteiger partial charge >= 0.3 is 11.9 Å². The minimum absolute atomic E-state index is 0.0279. The standard InChI is InChI=1S/C15H26NO5/c1-6-7-12(17)20-8-9-21-13(18)11-10-14(2,3)16(19)15(11,4)5/h11H,6-10H2,1-5H3. The molecule has 1 aliphatic heterocycles. The summed E-state index contributed by atoms with van der Waals surface area (Å²) < 4.78 is 10.1. The summed E-state index contributed by atoms with van der Waals surface area (Å²) in [5.74, 6) is -1.17. The Kier molecular flexibility index (Phi) is 5.75. The van der Waals surface area contributed by atoms with Crippen LogP contribution in [0, 0.1) is 5.92 Å². The van der Waals surface area contributed by atoms with Crippen LogP contribution in [-0.4, -0.2) is 41.3 Å². The van der Waals surface area contributed by atoms with E-state index < -0.39 is 23.0 Å². The van der Waals surface area contributed by atoms with E-state index in [4.69, 9.17) is 9.47 Å². The van der Waals surface area contributed by atoms with E-state index in [0.29, 0.717) is 12.8 Å². The van der Waals surface area contributed by atoms with E-state index in [1.165, 1.54) is 0 Å². The lowest BCUT2D eigenvalue weighted by Crippen LogP contribution is -2.47. The van der Waals surface area contributed by atoms with E-state index in [1.54, 1.807) is 13.8 Å². The summed E-state index contributed by atoms with van der Waals surface area (Å²) >= 11 is 0. The van der Waals surface area contributed by atoms with E-state index in [0.717, 1.165) is 11.5 Å². The number of hydrogen-bond donors (Lipinski definition) is 0. The van der Waals surface area contributed by atoms with E-state index in [-0.39, 0.29) is 19.2 Å². The predicted octanol–water partition coefficient (Wildman–Crippen LogP) is 2.10. The molecule has 1 rings (SSSR count). The number of hydroxylamine groups is 2. The Bertz CT molecular complexity index is 392. The molecule has 1 radical (unpaired) electrons. The van der Waals surface area contributed by atoms with Gasteiger partial charge in [0.2, 0.25) is 0 Å². The molecule has 1 heterocycles. The summed E-state index contributed by atoms with van der Waals surface area (Å²) in [6.07, 6.45) is 1.55. The zero-order chi connectivity index (χ0) is 16.3. The maximum atomic E-state index is 12.2. The molecule has 6 nitrogen and oxygen atoms in total. The summed E-state index contributed by atoms with van der Waals surface area (Å²) in [5, 5.41) is 13.2. The lowest BCUT2D eigenvalue weighted by molar-refractivity contribution is -0.248. The van der Waals surface area contributed by atoms with Gasteiger partial charge in [0.1, 0.15) is 13.2 Å². The van der Waals surface area contributed by atoms with Crippen LogP contribution in [0.5, 0.6) is 0 Å². The molecule has 0 N–H and O–H groups in total. The third-order valence-corrected chi connectivity index (χ3v) is 3.96. The van der Waals surface area contributed by atoms with Crippen molar-refractivity contribution in [1.82, 2.24) is 5.06 Å². The SMILES string of the molecule is CCCC(=O)OCCOC(=O)C1CC(C)(C)N([O])C1(C)C. The van der Waals surface area contributed by atoms with Gasteiger partial charge in [-0.3, -0.25) is 9.59 Å². The van der Waals surface area contributed by atoms with Crippen LogP contribution in [0.3, 0.4) is 0 Å². The third-order valence-electron chi connectivity index (χ3n) is 3.96. The van der Waals surface area contributed by atoms with Gasteiger partial charge in [-0.2, -0.15) is 0 Å². The summed E-state index contributed by atoms with van der Waals surface area (Å²) in [6, 6.07) is 0. The van der Waals surface area contributed by atoms with Crippen molar-refractivity contribution < 1.29 is 24.3 Å². The van der Waals surface area contributed by atoms with Crippen LogP contribution < -0.4 is 0 Å². The van der Waals surface area contributed by atoms with Crippen LogP contribution in [0.1, 0.15) is 53.9 Å². The Morgan fingerprint density at radius 1 is 1.14 bits per heavy atom.